The van der Waals surface area contributed by atoms with Crippen LogP contribution in [0.4, 0.5) is 5.69 Å². The van der Waals surface area contributed by atoms with Gasteiger partial charge in [0.15, 0.2) is 5.78 Å². The molecule has 4 heterocycles. The Balaban J connectivity index is 1.71. The van der Waals surface area contributed by atoms with Crippen molar-refractivity contribution in [3.05, 3.63) is 58.3 Å². The van der Waals surface area contributed by atoms with Gasteiger partial charge in [-0.05, 0) is 30.0 Å². The van der Waals surface area contributed by atoms with E-state index in [0.29, 0.717) is 4.88 Å². The highest BCUT2D eigenvalue weighted by molar-refractivity contribution is 7.12. The number of fused-ring (bicyclic) bond motifs is 5. The lowest BCUT2D eigenvalue weighted by molar-refractivity contribution is -0.126. The Morgan fingerprint density at radius 1 is 1.08 bits per heavy atom. The molecule has 1 N–H and O–H groups in total. The molecule has 2 saturated heterocycles. The van der Waals surface area contributed by atoms with E-state index >= 15 is 0 Å². The number of Topliss-reactive ketones (excluding diaryl/α,β-unsaturated/α-hetero) is 1. The molecule has 2 fully saturated rings. The number of imide groups is 1. The molecule has 0 saturated carbocycles. The Morgan fingerprint density at radius 3 is 2.62 bits per heavy atom. The number of carbonyl (C=O) groups excluding carboxylic acids is 3. The minimum Gasteiger partial charge on any atom is -0.352 e. The first-order valence-corrected chi connectivity index (χ1v) is 9.44. The van der Waals surface area contributed by atoms with Gasteiger partial charge in [0.25, 0.3) is 0 Å². The van der Waals surface area contributed by atoms with Crippen molar-refractivity contribution in [1.82, 2.24) is 5.32 Å². The topological polar surface area (TPSA) is 66.5 Å². The molecule has 2 amide bonds. The summed E-state index contributed by atoms with van der Waals surface area (Å²) in [7, 11) is 0. The number of anilines is 1. The average molecular weight is 364 g/mol. The molecule has 5 nitrogen and oxygen atoms in total. The second-order valence-corrected chi connectivity index (χ2v) is 7.90. The predicted octanol–water partition coefficient (Wildman–Crippen LogP) is 2.49. The summed E-state index contributed by atoms with van der Waals surface area (Å²) in [5, 5.41) is 4.29. The molecule has 26 heavy (non-hydrogen) atoms. The van der Waals surface area contributed by atoms with Crippen molar-refractivity contribution >= 4 is 40.2 Å². The third-order valence-electron chi connectivity index (χ3n) is 5.63. The van der Waals surface area contributed by atoms with Gasteiger partial charge in [-0.2, -0.15) is 0 Å². The Morgan fingerprint density at radius 2 is 1.85 bits per heavy atom. The van der Waals surface area contributed by atoms with Crippen molar-refractivity contribution in [2.75, 3.05) is 4.90 Å². The average Bonchev–Trinajstić information content (AvgIpc) is 3.33. The van der Waals surface area contributed by atoms with Crippen molar-refractivity contribution in [3.8, 4) is 0 Å². The van der Waals surface area contributed by atoms with Gasteiger partial charge in [-0.15, -0.1) is 11.3 Å². The fraction of sp³-hybridized carbons (Fsp3) is 0.250. The van der Waals surface area contributed by atoms with Crippen LogP contribution in [0.2, 0.25) is 0 Å². The molecule has 0 aliphatic carbocycles. The van der Waals surface area contributed by atoms with E-state index in [1.54, 1.807) is 6.07 Å². The molecule has 6 heteroatoms. The summed E-state index contributed by atoms with van der Waals surface area (Å²) in [6, 6.07) is 10.5. The number of ketones is 1. The van der Waals surface area contributed by atoms with E-state index in [-0.39, 0.29) is 23.6 Å². The zero-order chi connectivity index (χ0) is 18.0. The zero-order valence-corrected chi connectivity index (χ0v) is 14.8. The van der Waals surface area contributed by atoms with Crippen LogP contribution in [0.1, 0.15) is 22.2 Å². The number of carbonyl (C=O) groups is 3. The van der Waals surface area contributed by atoms with Gasteiger partial charge in [-0.1, -0.05) is 30.3 Å². The van der Waals surface area contributed by atoms with E-state index in [9.17, 15) is 14.4 Å². The number of rotatable bonds is 2. The van der Waals surface area contributed by atoms with Gasteiger partial charge >= 0.3 is 0 Å². The van der Waals surface area contributed by atoms with E-state index < -0.39 is 17.9 Å². The van der Waals surface area contributed by atoms with Gasteiger partial charge in [0.05, 0.1) is 22.8 Å². The summed E-state index contributed by atoms with van der Waals surface area (Å²) in [6.45, 7) is 2.01. The SMILES string of the molecule is CC1=C[C@@H]2[C@H]3C(=O)NC(=O)[C@@H]3[C@H](C(=O)c3cccs3)N2c2ccccc21. The van der Waals surface area contributed by atoms with Gasteiger partial charge in [0.2, 0.25) is 11.8 Å². The van der Waals surface area contributed by atoms with Crippen LogP contribution in [0.3, 0.4) is 0 Å². The molecular weight excluding hydrogens is 348 g/mol. The fourth-order valence-electron chi connectivity index (χ4n) is 4.58. The van der Waals surface area contributed by atoms with E-state index in [0.717, 1.165) is 16.8 Å². The van der Waals surface area contributed by atoms with Crippen LogP contribution < -0.4 is 10.2 Å². The maximum Gasteiger partial charge on any atom is 0.233 e. The zero-order valence-electron chi connectivity index (χ0n) is 14.0. The maximum absolute atomic E-state index is 13.3. The van der Waals surface area contributed by atoms with Crippen molar-refractivity contribution < 1.29 is 14.4 Å². The molecule has 3 aliphatic heterocycles. The highest BCUT2D eigenvalue weighted by Crippen LogP contribution is 2.48. The second-order valence-electron chi connectivity index (χ2n) is 6.96. The van der Waals surface area contributed by atoms with Crippen molar-refractivity contribution in [3.63, 3.8) is 0 Å². The first kappa shape index (κ1) is 15.5. The van der Waals surface area contributed by atoms with E-state index in [4.69, 9.17) is 0 Å². The number of allylic oxidation sites excluding steroid dienone is 1. The Hall–Kier alpha value is -2.73. The normalized spacial score (nSPS) is 29.0. The Labute approximate surface area is 154 Å². The molecule has 130 valence electrons. The first-order valence-electron chi connectivity index (χ1n) is 8.56. The minimum absolute atomic E-state index is 0.0925. The Bertz CT molecular complexity index is 979. The quantitative estimate of drug-likeness (QED) is 0.657. The van der Waals surface area contributed by atoms with Crippen LogP contribution in [0.15, 0.2) is 47.9 Å². The molecule has 0 unspecified atom stereocenters. The van der Waals surface area contributed by atoms with Crippen molar-refractivity contribution in [1.29, 1.82) is 0 Å². The molecular formula is C20H16N2O3S. The number of hydrogen-bond acceptors (Lipinski definition) is 5. The maximum atomic E-state index is 13.3. The molecule has 1 aromatic carbocycles. The van der Waals surface area contributed by atoms with Crippen LogP contribution >= 0.6 is 11.3 Å². The van der Waals surface area contributed by atoms with Gasteiger partial charge in [0, 0.05) is 11.3 Å². The smallest absolute Gasteiger partial charge is 0.233 e. The third kappa shape index (κ3) is 1.93. The minimum atomic E-state index is -0.666. The summed E-state index contributed by atoms with van der Waals surface area (Å²) in [5.74, 6) is -1.89. The Kier molecular flexibility index (Phi) is 3.21. The molecule has 3 aliphatic rings. The van der Waals surface area contributed by atoms with Crippen LogP contribution in [-0.4, -0.2) is 29.7 Å². The number of nitrogens with zero attached hydrogens (tertiary/aromatic N) is 1. The third-order valence-corrected chi connectivity index (χ3v) is 6.51. The summed E-state index contributed by atoms with van der Waals surface area (Å²) in [6.07, 6.45) is 2.03. The number of hydrogen-bond donors (Lipinski definition) is 1. The molecule has 4 atom stereocenters. The largest absolute Gasteiger partial charge is 0.352 e. The van der Waals surface area contributed by atoms with Crippen molar-refractivity contribution in [2.45, 2.75) is 19.0 Å². The van der Waals surface area contributed by atoms with E-state index in [2.05, 4.69) is 5.32 Å². The van der Waals surface area contributed by atoms with E-state index in [1.165, 1.54) is 11.3 Å². The number of para-hydroxylation sites is 1. The predicted molar refractivity (Wildman–Crippen MR) is 98.9 cm³/mol. The highest BCUT2D eigenvalue weighted by Gasteiger charge is 2.61. The van der Waals surface area contributed by atoms with Crippen molar-refractivity contribution in [2.24, 2.45) is 11.8 Å². The molecule has 2 aromatic rings. The molecule has 1 aromatic heterocycles. The highest BCUT2D eigenvalue weighted by atomic mass is 32.1. The molecule has 0 bridgehead atoms. The van der Waals surface area contributed by atoms with Gasteiger partial charge in [-0.3, -0.25) is 19.7 Å². The van der Waals surface area contributed by atoms with Gasteiger partial charge in [-0.25, -0.2) is 0 Å². The lowest BCUT2D eigenvalue weighted by Gasteiger charge is -2.37. The van der Waals surface area contributed by atoms with Gasteiger partial charge < -0.3 is 4.90 Å². The summed E-state index contributed by atoms with van der Waals surface area (Å²) in [4.78, 5) is 41.0. The lowest BCUT2D eigenvalue weighted by atomic mass is 9.86. The molecule has 0 radical (unpaired) electrons. The van der Waals surface area contributed by atoms with Gasteiger partial charge in [0.1, 0.15) is 6.04 Å². The standard InChI is InChI=1S/C20H16N2O3S/c1-10-9-13-15-16(20(25)21-19(15)24)17(18(23)14-7-4-8-26-14)22(13)12-6-3-2-5-11(10)12/h2-9,13,15-17H,1H3,(H,21,24,25)/t13-,15-,16+,17-/m1/s1. The summed E-state index contributed by atoms with van der Waals surface area (Å²) < 4.78 is 0. The summed E-state index contributed by atoms with van der Waals surface area (Å²) >= 11 is 1.37. The molecule has 0 spiro atoms. The lowest BCUT2D eigenvalue weighted by Crippen LogP contribution is -2.48. The monoisotopic (exact) mass is 364 g/mol. The van der Waals surface area contributed by atoms with E-state index in [1.807, 2.05) is 53.6 Å². The fourth-order valence-corrected chi connectivity index (χ4v) is 5.28. The number of thiophene rings is 1. The first-order chi connectivity index (χ1) is 12.6. The van der Waals surface area contributed by atoms with Crippen LogP contribution in [0, 0.1) is 11.8 Å². The number of nitrogens with one attached hydrogen (secondary N) is 1. The number of amides is 2. The number of benzene rings is 1. The van der Waals surface area contributed by atoms with Crippen LogP contribution in [0.25, 0.3) is 5.57 Å². The van der Waals surface area contributed by atoms with Crippen LogP contribution in [-0.2, 0) is 9.59 Å². The summed E-state index contributed by atoms with van der Waals surface area (Å²) in [5.41, 5.74) is 3.03. The van der Waals surface area contributed by atoms with Crippen LogP contribution in [0.5, 0.6) is 0 Å². The second kappa shape index (κ2) is 5.38. The molecule has 5 rings (SSSR count).